The van der Waals surface area contributed by atoms with E-state index in [1.165, 1.54) is 0 Å². The quantitative estimate of drug-likeness (QED) is 0.550. The minimum atomic E-state index is 0.886. The van der Waals surface area contributed by atoms with Crippen molar-refractivity contribution >= 4 is 0 Å². The van der Waals surface area contributed by atoms with Gasteiger partial charge in [0.05, 0.1) is 0 Å². The second kappa shape index (κ2) is 6.01. The molecule has 0 saturated carbocycles. The molecule has 0 N–H and O–H groups in total. The summed E-state index contributed by atoms with van der Waals surface area (Å²) in [6, 6.07) is 0. The van der Waals surface area contributed by atoms with Crippen molar-refractivity contribution in [1.82, 2.24) is 0 Å². The van der Waals surface area contributed by atoms with E-state index >= 15 is 0 Å². The Morgan fingerprint density at radius 3 is 1.92 bits per heavy atom. The molecule has 0 fully saturated rings. The number of rotatable bonds is 5. The van der Waals surface area contributed by atoms with E-state index in [4.69, 9.17) is 0 Å². The summed E-state index contributed by atoms with van der Waals surface area (Å²) in [5, 5.41) is 0. The van der Waals surface area contributed by atoms with Crippen molar-refractivity contribution in [3.05, 3.63) is 73.4 Å². The van der Waals surface area contributed by atoms with Gasteiger partial charge in [-0.05, 0) is 18.1 Å². The molecular weight excluding hydrogens is 156 g/mol. The molecule has 0 amide bonds. The molecule has 0 bridgehead atoms. The van der Waals surface area contributed by atoms with Gasteiger partial charge in [-0.25, -0.2) is 0 Å². The van der Waals surface area contributed by atoms with E-state index in [9.17, 15) is 0 Å². The van der Waals surface area contributed by atoms with Crippen molar-refractivity contribution in [2.75, 3.05) is 0 Å². The molecular formula is C13H16. The summed E-state index contributed by atoms with van der Waals surface area (Å²) in [6.07, 6.45) is 9.23. The third kappa shape index (κ3) is 5.68. The van der Waals surface area contributed by atoms with Crippen molar-refractivity contribution in [3.8, 4) is 0 Å². The van der Waals surface area contributed by atoms with Crippen molar-refractivity contribution in [1.29, 1.82) is 0 Å². The molecule has 68 valence electrons. The smallest absolute Gasteiger partial charge is 0.0262 e. The van der Waals surface area contributed by atoms with Crippen molar-refractivity contribution < 1.29 is 0 Å². The van der Waals surface area contributed by atoms with Gasteiger partial charge in [-0.3, -0.25) is 0 Å². The van der Waals surface area contributed by atoms with E-state index in [-0.39, 0.29) is 0 Å². The number of hydrogen-bond acceptors (Lipinski definition) is 0. The average molecular weight is 172 g/mol. The molecule has 0 unspecified atom stereocenters. The molecule has 0 saturated heterocycles. The van der Waals surface area contributed by atoms with Crippen molar-refractivity contribution in [2.45, 2.75) is 6.92 Å². The first-order chi connectivity index (χ1) is 6.07. The summed E-state index contributed by atoms with van der Waals surface area (Å²) in [5.74, 6) is 0. The molecule has 0 spiro atoms. The van der Waals surface area contributed by atoms with Crippen molar-refractivity contribution in [2.24, 2.45) is 0 Å². The maximum atomic E-state index is 3.87. The van der Waals surface area contributed by atoms with E-state index in [1.54, 1.807) is 6.08 Å². The number of allylic oxidation sites excluding steroid dienone is 8. The monoisotopic (exact) mass is 172 g/mol. The molecule has 13 heavy (non-hydrogen) atoms. The van der Waals surface area contributed by atoms with Crippen LogP contribution in [0.15, 0.2) is 73.4 Å². The predicted molar refractivity (Wildman–Crippen MR) is 61.6 cm³/mol. The zero-order valence-electron chi connectivity index (χ0n) is 8.22. The molecule has 0 nitrogen and oxygen atoms in total. The van der Waals surface area contributed by atoms with E-state index in [2.05, 4.69) is 26.3 Å². The molecule has 0 aromatic carbocycles. The van der Waals surface area contributed by atoms with Crippen LogP contribution in [0.1, 0.15) is 6.92 Å². The second-order valence-corrected chi connectivity index (χ2v) is 2.82. The summed E-state index contributed by atoms with van der Waals surface area (Å²) in [5.41, 5.74) is 2.78. The molecule has 0 rings (SSSR count). The van der Waals surface area contributed by atoms with Crippen molar-refractivity contribution in [3.63, 3.8) is 0 Å². The second-order valence-electron chi connectivity index (χ2n) is 2.82. The fraction of sp³-hybridized carbons (Fsp3) is 0.0769. The molecule has 0 radical (unpaired) electrons. The standard InChI is InChI=1S/C13H16/c1-6-7-8-12(4)13(5)10-9-11(2)3/h6-10H,1-2,4-5H2,3H3. The van der Waals surface area contributed by atoms with Gasteiger partial charge in [0.1, 0.15) is 0 Å². The Labute approximate surface area is 81.0 Å². The van der Waals surface area contributed by atoms with Gasteiger partial charge in [0.2, 0.25) is 0 Å². The van der Waals surface area contributed by atoms with Gasteiger partial charge in [-0.15, -0.1) is 0 Å². The largest absolute Gasteiger partial charge is 0.0991 e. The first kappa shape index (κ1) is 11.4. The first-order valence-corrected chi connectivity index (χ1v) is 4.08. The third-order valence-corrected chi connectivity index (χ3v) is 1.41. The Bertz CT molecular complexity index is 285. The minimum absolute atomic E-state index is 0.886. The Morgan fingerprint density at radius 2 is 1.46 bits per heavy atom. The minimum Gasteiger partial charge on any atom is -0.0991 e. The highest BCUT2D eigenvalue weighted by Gasteiger charge is 1.89. The maximum Gasteiger partial charge on any atom is -0.0262 e. The molecule has 0 heteroatoms. The Kier molecular flexibility index (Phi) is 5.29. The summed E-state index contributed by atoms with van der Waals surface area (Å²) in [4.78, 5) is 0. The first-order valence-electron chi connectivity index (χ1n) is 4.08. The van der Waals surface area contributed by atoms with Crippen LogP contribution >= 0.6 is 0 Å². The van der Waals surface area contributed by atoms with Gasteiger partial charge in [0.15, 0.2) is 0 Å². The van der Waals surface area contributed by atoms with Crippen LogP contribution in [0.25, 0.3) is 0 Å². The van der Waals surface area contributed by atoms with Gasteiger partial charge in [-0.1, -0.05) is 62.3 Å². The summed E-state index contributed by atoms with van der Waals surface area (Å²) in [7, 11) is 0. The third-order valence-electron chi connectivity index (χ3n) is 1.41. The average Bonchev–Trinajstić information content (AvgIpc) is 2.10. The molecule has 0 aliphatic rings. The molecule has 0 aliphatic carbocycles. The topological polar surface area (TPSA) is 0 Å². The Balaban J connectivity index is 4.28. The lowest BCUT2D eigenvalue weighted by molar-refractivity contribution is 1.52. The van der Waals surface area contributed by atoms with Crippen LogP contribution in [0.3, 0.4) is 0 Å². The van der Waals surface area contributed by atoms with E-state index in [0.29, 0.717) is 0 Å². The number of hydrogen-bond donors (Lipinski definition) is 0. The maximum absolute atomic E-state index is 3.87. The fourth-order valence-corrected chi connectivity index (χ4v) is 0.641. The lowest BCUT2D eigenvalue weighted by atomic mass is 10.1. The SMILES string of the molecule is C=CC=CC(=C)C(=C)C=CC(=C)C. The van der Waals surface area contributed by atoms with Gasteiger partial charge in [0, 0.05) is 0 Å². The van der Waals surface area contributed by atoms with Crippen LogP contribution in [0.2, 0.25) is 0 Å². The summed E-state index contributed by atoms with van der Waals surface area (Å²) in [6.45, 7) is 17.0. The zero-order chi connectivity index (χ0) is 10.3. The normalized spacial score (nSPS) is 10.5. The van der Waals surface area contributed by atoms with Gasteiger partial charge in [0.25, 0.3) is 0 Å². The van der Waals surface area contributed by atoms with Crippen LogP contribution in [-0.4, -0.2) is 0 Å². The Hall–Kier alpha value is -1.56. The van der Waals surface area contributed by atoms with E-state index in [1.807, 2.05) is 31.2 Å². The van der Waals surface area contributed by atoms with E-state index < -0.39 is 0 Å². The van der Waals surface area contributed by atoms with Gasteiger partial charge < -0.3 is 0 Å². The van der Waals surface area contributed by atoms with Crippen LogP contribution in [0.4, 0.5) is 0 Å². The highest BCUT2D eigenvalue weighted by atomic mass is 13.9. The van der Waals surface area contributed by atoms with Crippen LogP contribution in [0, 0.1) is 0 Å². The zero-order valence-corrected chi connectivity index (χ0v) is 8.22. The lowest BCUT2D eigenvalue weighted by Gasteiger charge is -1.97. The predicted octanol–water partition coefficient (Wildman–Crippen LogP) is 3.97. The summed E-state index contributed by atoms with van der Waals surface area (Å²) < 4.78 is 0. The Morgan fingerprint density at radius 1 is 0.923 bits per heavy atom. The van der Waals surface area contributed by atoms with Crippen LogP contribution < -0.4 is 0 Å². The molecule has 0 aliphatic heterocycles. The highest BCUT2D eigenvalue weighted by molar-refractivity contribution is 5.44. The lowest BCUT2D eigenvalue weighted by Crippen LogP contribution is -1.77. The van der Waals surface area contributed by atoms with Crippen LogP contribution in [-0.2, 0) is 0 Å². The molecule has 0 atom stereocenters. The highest BCUT2D eigenvalue weighted by Crippen LogP contribution is 2.09. The van der Waals surface area contributed by atoms with E-state index in [0.717, 1.165) is 16.7 Å². The molecule has 0 aromatic rings. The summed E-state index contributed by atoms with van der Waals surface area (Å²) >= 11 is 0. The van der Waals surface area contributed by atoms with Gasteiger partial charge >= 0.3 is 0 Å². The molecule has 0 aromatic heterocycles. The molecule has 0 heterocycles. The fourth-order valence-electron chi connectivity index (χ4n) is 0.641. The van der Waals surface area contributed by atoms with Crippen LogP contribution in [0.5, 0.6) is 0 Å². The van der Waals surface area contributed by atoms with Gasteiger partial charge in [-0.2, -0.15) is 0 Å².